The summed E-state index contributed by atoms with van der Waals surface area (Å²) in [6.07, 6.45) is 5.69. The van der Waals surface area contributed by atoms with Crippen LogP contribution in [0.25, 0.3) is 0 Å². The maximum Gasteiger partial charge on any atom is 0.223 e. The van der Waals surface area contributed by atoms with Crippen LogP contribution in [-0.4, -0.2) is 17.8 Å². The van der Waals surface area contributed by atoms with Gasteiger partial charge in [0.15, 0.2) is 0 Å². The van der Waals surface area contributed by atoms with E-state index in [0.29, 0.717) is 5.92 Å². The maximum absolute atomic E-state index is 11.4. The molecule has 12 heavy (non-hydrogen) atoms. The van der Waals surface area contributed by atoms with Gasteiger partial charge >= 0.3 is 0 Å². The molecule has 0 heterocycles. The second-order valence-electron chi connectivity index (χ2n) is 3.31. The van der Waals surface area contributed by atoms with E-state index in [1.54, 1.807) is 0 Å². The lowest BCUT2D eigenvalue weighted by atomic mass is 10.1. The van der Waals surface area contributed by atoms with Crippen LogP contribution in [0.3, 0.4) is 0 Å². The molecule has 0 aromatic carbocycles. The Balaban J connectivity index is 2.10. The van der Waals surface area contributed by atoms with Crippen LogP contribution in [0.5, 0.6) is 0 Å². The highest BCUT2D eigenvalue weighted by molar-refractivity contribution is 9.09. The number of amides is 1. The summed E-state index contributed by atoms with van der Waals surface area (Å²) < 4.78 is 0. The molecule has 1 N–H and O–H groups in total. The lowest BCUT2D eigenvalue weighted by Crippen LogP contribution is -2.30. The van der Waals surface area contributed by atoms with Gasteiger partial charge in [0.05, 0.1) is 0 Å². The topological polar surface area (TPSA) is 29.1 Å². The zero-order chi connectivity index (χ0) is 8.81. The zero-order valence-corrected chi connectivity index (χ0v) is 8.90. The van der Waals surface area contributed by atoms with Crippen molar-refractivity contribution < 1.29 is 4.79 Å². The van der Waals surface area contributed by atoms with Crippen molar-refractivity contribution >= 4 is 21.8 Å². The van der Waals surface area contributed by atoms with Gasteiger partial charge in [-0.2, -0.15) is 0 Å². The molecule has 0 aromatic heterocycles. The minimum atomic E-state index is 0.272. The van der Waals surface area contributed by atoms with E-state index < -0.39 is 0 Å². The number of carbonyl (C=O) groups excluding carboxylic acids is 1. The molecule has 2 nitrogen and oxygen atoms in total. The summed E-state index contributed by atoms with van der Waals surface area (Å²) in [5.74, 6) is 0.591. The van der Waals surface area contributed by atoms with Crippen LogP contribution in [0.15, 0.2) is 0 Å². The van der Waals surface area contributed by atoms with Crippen LogP contribution in [0.4, 0.5) is 0 Å². The summed E-state index contributed by atoms with van der Waals surface area (Å²) >= 11 is 3.33. The first-order valence-electron chi connectivity index (χ1n) is 4.68. The Morgan fingerprint density at radius 3 is 2.67 bits per heavy atom. The van der Waals surface area contributed by atoms with E-state index in [4.69, 9.17) is 0 Å². The first kappa shape index (κ1) is 10.0. The Morgan fingerprint density at radius 1 is 1.42 bits per heavy atom. The number of nitrogens with one attached hydrogen (secondary N) is 1. The minimum Gasteiger partial charge on any atom is -0.356 e. The van der Waals surface area contributed by atoms with E-state index in [-0.39, 0.29) is 5.91 Å². The highest BCUT2D eigenvalue weighted by Gasteiger charge is 2.21. The zero-order valence-electron chi connectivity index (χ0n) is 7.31. The highest BCUT2D eigenvalue weighted by atomic mass is 79.9. The van der Waals surface area contributed by atoms with Gasteiger partial charge in [-0.05, 0) is 19.3 Å². The molecule has 1 fully saturated rings. The van der Waals surface area contributed by atoms with Crippen molar-refractivity contribution in [2.45, 2.75) is 32.1 Å². The molecule has 1 aliphatic rings. The Morgan fingerprint density at radius 2 is 2.08 bits per heavy atom. The molecule has 0 spiro atoms. The molecule has 0 bridgehead atoms. The average molecular weight is 234 g/mol. The lowest BCUT2D eigenvalue weighted by molar-refractivity contribution is -0.124. The molecule has 0 saturated heterocycles. The molecule has 3 heteroatoms. The molecule has 1 amide bonds. The van der Waals surface area contributed by atoms with E-state index in [0.717, 1.165) is 31.1 Å². The summed E-state index contributed by atoms with van der Waals surface area (Å²) in [6.45, 7) is 0.820. The van der Waals surface area contributed by atoms with Crippen molar-refractivity contribution in [3.05, 3.63) is 0 Å². The minimum absolute atomic E-state index is 0.272. The summed E-state index contributed by atoms with van der Waals surface area (Å²) in [5, 5.41) is 3.93. The summed E-state index contributed by atoms with van der Waals surface area (Å²) in [4.78, 5) is 11.4. The second kappa shape index (κ2) is 5.57. The van der Waals surface area contributed by atoms with Gasteiger partial charge in [-0.15, -0.1) is 0 Å². The maximum atomic E-state index is 11.4. The Hall–Kier alpha value is -0.0500. The van der Waals surface area contributed by atoms with Crippen LogP contribution in [-0.2, 0) is 4.79 Å². The standard InChI is InChI=1S/C9H16BrNO/c10-6-3-7-11-9(12)8-4-1-2-5-8/h8H,1-7H2,(H,11,12). The third kappa shape index (κ3) is 3.13. The summed E-state index contributed by atoms with van der Waals surface area (Å²) in [5.41, 5.74) is 0. The second-order valence-corrected chi connectivity index (χ2v) is 4.11. The molecule has 0 aromatic rings. The molecule has 0 aliphatic heterocycles. The Bertz CT molecular complexity index is 143. The third-order valence-corrected chi connectivity index (χ3v) is 2.90. The van der Waals surface area contributed by atoms with E-state index in [9.17, 15) is 4.79 Å². The Labute approximate surface area is 82.2 Å². The van der Waals surface area contributed by atoms with Crippen molar-refractivity contribution in [2.75, 3.05) is 11.9 Å². The van der Waals surface area contributed by atoms with Gasteiger partial charge in [0.1, 0.15) is 0 Å². The molecule has 0 unspecified atom stereocenters. The SMILES string of the molecule is O=C(NCCCBr)C1CCCC1. The molecule has 0 radical (unpaired) electrons. The van der Waals surface area contributed by atoms with Crippen LogP contribution in [0.1, 0.15) is 32.1 Å². The number of alkyl halides is 1. The fourth-order valence-electron chi connectivity index (χ4n) is 1.61. The Kier molecular flexibility index (Phi) is 4.66. The summed E-state index contributed by atoms with van der Waals surface area (Å²) in [6, 6.07) is 0. The van der Waals surface area contributed by atoms with E-state index >= 15 is 0 Å². The molecule has 1 rings (SSSR count). The van der Waals surface area contributed by atoms with Gasteiger partial charge in [-0.1, -0.05) is 28.8 Å². The number of rotatable bonds is 4. The molecule has 0 atom stereocenters. The molecule has 1 aliphatic carbocycles. The number of hydrogen-bond acceptors (Lipinski definition) is 1. The normalized spacial score (nSPS) is 18.1. The number of hydrogen-bond donors (Lipinski definition) is 1. The quantitative estimate of drug-likeness (QED) is 0.585. The predicted octanol–water partition coefficient (Wildman–Crippen LogP) is 2.08. The van der Waals surface area contributed by atoms with E-state index in [1.807, 2.05) is 0 Å². The summed E-state index contributed by atoms with van der Waals surface area (Å²) in [7, 11) is 0. The van der Waals surface area contributed by atoms with E-state index in [1.165, 1.54) is 12.8 Å². The molecule has 1 saturated carbocycles. The van der Waals surface area contributed by atoms with Gasteiger partial charge < -0.3 is 5.32 Å². The highest BCUT2D eigenvalue weighted by Crippen LogP contribution is 2.24. The van der Waals surface area contributed by atoms with Gasteiger partial charge in [0.2, 0.25) is 5.91 Å². The third-order valence-electron chi connectivity index (χ3n) is 2.34. The average Bonchev–Trinajstić information content (AvgIpc) is 2.56. The number of carbonyl (C=O) groups is 1. The van der Waals surface area contributed by atoms with E-state index in [2.05, 4.69) is 21.2 Å². The first-order valence-corrected chi connectivity index (χ1v) is 5.80. The smallest absolute Gasteiger partial charge is 0.223 e. The molecular weight excluding hydrogens is 218 g/mol. The largest absolute Gasteiger partial charge is 0.356 e. The van der Waals surface area contributed by atoms with Crippen molar-refractivity contribution in [1.29, 1.82) is 0 Å². The van der Waals surface area contributed by atoms with Crippen LogP contribution in [0, 0.1) is 5.92 Å². The predicted molar refractivity (Wildman–Crippen MR) is 53.4 cm³/mol. The molecule has 70 valence electrons. The van der Waals surface area contributed by atoms with Gasteiger partial charge in [0.25, 0.3) is 0 Å². The van der Waals surface area contributed by atoms with Crippen LogP contribution >= 0.6 is 15.9 Å². The van der Waals surface area contributed by atoms with Gasteiger partial charge in [-0.3, -0.25) is 4.79 Å². The van der Waals surface area contributed by atoms with Crippen molar-refractivity contribution in [3.8, 4) is 0 Å². The van der Waals surface area contributed by atoms with Crippen LogP contribution < -0.4 is 5.32 Å². The fourth-order valence-corrected chi connectivity index (χ4v) is 1.89. The first-order chi connectivity index (χ1) is 5.84. The lowest BCUT2D eigenvalue weighted by Gasteiger charge is -2.08. The van der Waals surface area contributed by atoms with Crippen molar-refractivity contribution in [3.63, 3.8) is 0 Å². The monoisotopic (exact) mass is 233 g/mol. The van der Waals surface area contributed by atoms with Crippen molar-refractivity contribution in [1.82, 2.24) is 5.32 Å². The number of halogens is 1. The van der Waals surface area contributed by atoms with Gasteiger partial charge in [0, 0.05) is 17.8 Å². The van der Waals surface area contributed by atoms with Crippen LogP contribution in [0.2, 0.25) is 0 Å². The van der Waals surface area contributed by atoms with Crippen molar-refractivity contribution in [2.24, 2.45) is 5.92 Å². The van der Waals surface area contributed by atoms with Gasteiger partial charge in [-0.25, -0.2) is 0 Å². The molecular formula is C9H16BrNO. The fraction of sp³-hybridized carbons (Fsp3) is 0.889.